The summed E-state index contributed by atoms with van der Waals surface area (Å²) >= 11 is 0. The van der Waals surface area contributed by atoms with Crippen LogP contribution in [0.3, 0.4) is 0 Å². The summed E-state index contributed by atoms with van der Waals surface area (Å²) in [4.78, 5) is 25.8. The Morgan fingerprint density at radius 1 is 1.13 bits per heavy atom. The van der Waals surface area contributed by atoms with Gasteiger partial charge in [-0.1, -0.05) is 0 Å². The first-order valence-corrected chi connectivity index (χ1v) is 9.53. The van der Waals surface area contributed by atoms with Gasteiger partial charge in [-0.25, -0.2) is 19.3 Å². The Labute approximate surface area is 172 Å². The molecule has 0 amide bonds. The van der Waals surface area contributed by atoms with Crippen molar-refractivity contribution in [3.8, 4) is 0 Å². The molecule has 0 atom stereocenters. The van der Waals surface area contributed by atoms with Gasteiger partial charge in [0.05, 0.1) is 31.2 Å². The Kier molecular flexibility index (Phi) is 6.28. The highest BCUT2D eigenvalue weighted by atomic mass is 19.1. The minimum absolute atomic E-state index is 0.129. The summed E-state index contributed by atoms with van der Waals surface area (Å²) in [5.41, 5.74) is 0.0420. The number of fused-ring (bicyclic) bond motifs is 1. The smallest absolute Gasteiger partial charge is 0.265 e. The van der Waals surface area contributed by atoms with Crippen LogP contribution < -0.4 is 16.2 Å². The van der Waals surface area contributed by atoms with Crippen LogP contribution in [0.1, 0.15) is 26.3 Å². The second-order valence-electron chi connectivity index (χ2n) is 7.85. The molecule has 9 nitrogen and oxygen atoms in total. The number of rotatable bonds is 7. The van der Waals surface area contributed by atoms with Gasteiger partial charge in [-0.3, -0.25) is 9.36 Å². The van der Waals surface area contributed by atoms with E-state index in [0.29, 0.717) is 33.9 Å². The van der Waals surface area contributed by atoms with Crippen LogP contribution in [0, 0.1) is 5.82 Å². The number of hydrogen-bond acceptors (Lipinski definition) is 8. The van der Waals surface area contributed by atoms with Crippen molar-refractivity contribution < 1.29 is 14.6 Å². The number of aromatic nitrogens is 4. The highest BCUT2D eigenvalue weighted by Gasteiger charge is 2.18. The van der Waals surface area contributed by atoms with E-state index < -0.39 is 5.82 Å². The summed E-state index contributed by atoms with van der Waals surface area (Å²) in [7, 11) is 0. The Hall–Kier alpha value is -3.11. The van der Waals surface area contributed by atoms with Gasteiger partial charge in [-0.2, -0.15) is 0 Å². The van der Waals surface area contributed by atoms with Crippen LogP contribution in [-0.2, 0) is 13.0 Å². The largest absolute Gasteiger partial charge is 0.396 e. The van der Waals surface area contributed by atoms with Crippen molar-refractivity contribution in [2.24, 2.45) is 0 Å². The summed E-state index contributed by atoms with van der Waals surface area (Å²) in [6.45, 7) is 5.57. The third-order valence-corrected chi connectivity index (χ3v) is 4.22. The van der Waals surface area contributed by atoms with E-state index in [4.69, 9.17) is 5.11 Å². The van der Waals surface area contributed by atoms with Crippen molar-refractivity contribution >= 4 is 28.4 Å². The van der Waals surface area contributed by atoms with Gasteiger partial charge in [0.1, 0.15) is 28.7 Å². The molecule has 0 unspecified atom stereocenters. The predicted molar refractivity (Wildman–Crippen MR) is 113 cm³/mol. The Morgan fingerprint density at radius 2 is 1.90 bits per heavy atom. The number of aliphatic hydroxyl groups is 2. The first-order valence-electron chi connectivity index (χ1n) is 9.53. The van der Waals surface area contributed by atoms with Crippen LogP contribution in [0.25, 0.3) is 10.9 Å². The van der Waals surface area contributed by atoms with Gasteiger partial charge in [-0.05, 0) is 38.8 Å². The lowest BCUT2D eigenvalue weighted by Crippen LogP contribution is -2.29. The number of pyridine rings is 2. The van der Waals surface area contributed by atoms with E-state index in [1.807, 2.05) is 20.8 Å². The van der Waals surface area contributed by atoms with Crippen molar-refractivity contribution in [2.45, 2.75) is 39.3 Å². The number of halogens is 1. The summed E-state index contributed by atoms with van der Waals surface area (Å²) in [6, 6.07) is 3.10. The molecule has 3 aromatic rings. The van der Waals surface area contributed by atoms with Crippen LogP contribution in [-0.4, -0.2) is 48.5 Å². The van der Waals surface area contributed by atoms with Gasteiger partial charge in [0.15, 0.2) is 0 Å². The van der Waals surface area contributed by atoms with Gasteiger partial charge in [0, 0.05) is 18.2 Å². The minimum atomic E-state index is -0.498. The molecule has 160 valence electrons. The molecule has 0 aliphatic rings. The van der Waals surface area contributed by atoms with E-state index in [2.05, 4.69) is 25.6 Å². The average molecular weight is 416 g/mol. The fourth-order valence-electron chi connectivity index (χ4n) is 2.94. The maximum Gasteiger partial charge on any atom is 0.265 e. The predicted octanol–water partition coefficient (Wildman–Crippen LogP) is 1.81. The molecule has 0 saturated heterocycles. The Morgan fingerprint density at radius 3 is 2.57 bits per heavy atom. The van der Waals surface area contributed by atoms with Gasteiger partial charge < -0.3 is 20.8 Å². The molecule has 3 aromatic heterocycles. The molecule has 0 aromatic carbocycles. The fourth-order valence-corrected chi connectivity index (χ4v) is 2.94. The zero-order valence-corrected chi connectivity index (χ0v) is 17.1. The van der Waals surface area contributed by atoms with Crippen molar-refractivity contribution in [1.82, 2.24) is 19.5 Å². The van der Waals surface area contributed by atoms with E-state index in [1.165, 1.54) is 17.0 Å². The van der Waals surface area contributed by atoms with Crippen LogP contribution in [0.4, 0.5) is 21.8 Å². The summed E-state index contributed by atoms with van der Waals surface area (Å²) < 4.78 is 15.1. The van der Waals surface area contributed by atoms with Crippen LogP contribution in [0.2, 0.25) is 0 Å². The molecular weight excluding hydrogens is 391 g/mol. The second-order valence-corrected chi connectivity index (χ2v) is 7.85. The van der Waals surface area contributed by atoms with Crippen molar-refractivity contribution in [1.29, 1.82) is 0 Å². The zero-order valence-electron chi connectivity index (χ0n) is 17.1. The number of nitrogens with zero attached hydrogens (tertiary/aromatic N) is 4. The maximum atomic E-state index is 13.8. The number of hydrogen-bond donors (Lipinski definition) is 4. The zero-order chi connectivity index (χ0) is 21.9. The SMILES string of the molecule is CC(C)(C)Nc1nc(Nc2cc(CCO)c(F)cn2)cc2ncn(CCO)c(=O)c12. The molecular formula is C20H25FN6O3. The summed E-state index contributed by atoms with van der Waals surface area (Å²) in [5.74, 6) is 0.560. The third kappa shape index (κ3) is 4.89. The summed E-state index contributed by atoms with van der Waals surface area (Å²) in [6.07, 6.45) is 2.62. The first kappa shape index (κ1) is 21.6. The lowest BCUT2D eigenvalue weighted by Gasteiger charge is -2.23. The first-order chi connectivity index (χ1) is 14.2. The average Bonchev–Trinajstić information content (AvgIpc) is 2.65. The van der Waals surface area contributed by atoms with Gasteiger partial charge >= 0.3 is 0 Å². The van der Waals surface area contributed by atoms with Crippen molar-refractivity contribution in [2.75, 3.05) is 23.8 Å². The Balaban J connectivity index is 2.09. The molecule has 3 heterocycles. The van der Waals surface area contributed by atoms with Crippen LogP contribution >= 0.6 is 0 Å². The van der Waals surface area contributed by atoms with Crippen molar-refractivity contribution in [3.63, 3.8) is 0 Å². The molecule has 0 fully saturated rings. The Bertz CT molecular complexity index is 1110. The normalized spacial score (nSPS) is 11.7. The van der Waals surface area contributed by atoms with Gasteiger partial charge in [-0.15, -0.1) is 0 Å². The molecule has 0 aliphatic heterocycles. The monoisotopic (exact) mass is 416 g/mol. The third-order valence-electron chi connectivity index (χ3n) is 4.22. The molecule has 4 N–H and O–H groups in total. The van der Waals surface area contributed by atoms with Gasteiger partial charge in [0.25, 0.3) is 5.56 Å². The lowest BCUT2D eigenvalue weighted by molar-refractivity contribution is 0.274. The molecule has 0 saturated carbocycles. The van der Waals surface area contributed by atoms with E-state index in [0.717, 1.165) is 6.20 Å². The molecule has 0 radical (unpaired) electrons. The van der Waals surface area contributed by atoms with E-state index >= 15 is 0 Å². The highest BCUT2D eigenvalue weighted by Crippen LogP contribution is 2.25. The van der Waals surface area contributed by atoms with Crippen molar-refractivity contribution in [3.05, 3.63) is 46.4 Å². The topological polar surface area (TPSA) is 125 Å². The molecule has 3 rings (SSSR count). The maximum absolute atomic E-state index is 13.8. The molecule has 10 heteroatoms. The fraction of sp³-hybridized carbons (Fsp3) is 0.400. The molecule has 0 aliphatic carbocycles. The molecule has 30 heavy (non-hydrogen) atoms. The number of aliphatic hydroxyl groups excluding tert-OH is 2. The van der Waals surface area contributed by atoms with Crippen LogP contribution in [0.15, 0.2) is 29.5 Å². The summed E-state index contributed by atoms with van der Waals surface area (Å²) in [5, 5.41) is 24.8. The lowest BCUT2D eigenvalue weighted by atomic mass is 10.1. The van der Waals surface area contributed by atoms with Gasteiger partial charge in [0.2, 0.25) is 0 Å². The highest BCUT2D eigenvalue weighted by molar-refractivity contribution is 5.91. The minimum Gasteiger partial charge on any atom is -0.396 e. The molecule has 0 bridgehead atoms. The standard InChI is InChI=1S/C20H25FN6O3/c1-20(2,3)26-18-17-14(23-11-27(5-7-29)19(17)30)9-16(25-18)24-15-8-12(4-6-28)13(21)10-22-15/h8-11,28-29H,4-7H2,1-3H3,(H2,22,24,25,26). The van der Waals surface area contributed by atoms with E-state index in [1.54, 1.807) is 6.07 Å². The van der Waals surface area contributed by atoms with E-state index in [9.17, 15) is 14.3 Å². The van der Waals surface area contributed by atoms with E-state index in [-0.39, 0.29) is 37.3 Å². The number of nitrogens with one attached hydrogen (secondary N) is 2. The molecule has 0 spiro atoms. The second kappa shape index (κ2) is 8.72. The number of anilines is 3. The quantitative estimate of drug-likeness (QED) is 0.460. The van der Waals surface area contributed by atoms with Crippen LogP contribution in [0.5, 0.6) is 0 Å².